The van der Waals surface area contributed by atoms with Crippen molar-refractivity contribution in [2.24, 2.45) is 0 Å². The molecular weight excluding hydrogens is 264 g/mol. The molecule has 102 valence electrons. The summed E-state index contributed by atoms with van der Waals surface area (Å²) in [5.41, 5.74) is 3.38. The molecule has 0 aliphatic heterocycles. The largest absolute Gasteiger partial charge is 0.334 e. The third-order valence-corrected chi connectivity index (χ3v) is 3.20. The molecule has 3 rings (SSSR count). The van der Waals surface area contributed by atoms with Gasteiger partial charge in [0.15, 0.2) is 5.82 Å². The number of rotatable bonds is 3. The highest BCUT2D eigenvalue weighted by Gasteiger charge is 2.11. The third-order valence-electron chi connectivity index (χ3n) is 3.20. The van der Waals surface area contributed by atoms with Crippen LogP contribution in [-0.2, 0) is 6.42 Å². The van der Waals surface area contributed by atoms with Crippen molar-refractivity contribution < 1.29 is 4.52 Å². The lowest BCUT2D eigenvalue weighted by atomic mass is 10.1. The summed E-state index contributed by atoms with van der Waals surface area (Å²) in [6.07, 6.45) is 2.17. The molecular formula is C16H12N4O. The first-order chi connectivity index (χ1) is 10.3. The van der Waals surface area contributed by atoms with Crippen LogP contribution in [0, 0.1) is 18.3 Å². The highest BCUT2D eigenvalue weighted by Crippen LogP contribution is 2.19. The highest BCUT2D eigenvalue weighted by molar-refractivity contribution is 5.54. The normalized spacial score (nSPS) is 10.3. The fraction of sp³-hybridized carbons (Fsp3) is 0.125. The van der Waals surface area contributed by atoms with Gasteiger partial charge in [0, 0.05) is 18.2 Å². The Morgan fingerprint density at radius 1 is 1.24 bits per heavy atom. The Kier molecular flexibility index (Phi) is 3.44. The molecule has 2 heterocycles. The number of aryl methyl sites for hydroxylation is 1. The molecule has 0 unspecified atom stereocenters. The summed E-state index contributed by atoms with van der Waals surface area (Å²) >= 11 is 0. The molecule has 0 fully saturated rings. The van der Waals surface area contributed by atoms with Crippen molar-refractivity contribution in [3.8, 4) is 17.5 Å². The van der Waals surface area contributed by atoms with E-state index in [4.69, 9.17) is 9.78 Å². The van der Waals surface area contributed by atoms with Gasteiger partial charge in [-0.15, -0.1) is 0 Å². The van der Waals surface area contributed by atoms with E-state index in [0.717, 1.165) is 5.56 Å². The summed E-state index contributed by atoms with van der Waals surface area (Å²) in [6, 6.07) is 13.5. The smallest absolute Gasteiger partial charge is 0.258 e. The van der Waals surface area contributed by atoms with Gasteiger partial charge in [-0.2, -0.15) is 10.2 Å². The van der Waals surface area contributed by atoms with Gasteiger partial charge in [0.05, 0.1) is 0 Å². The standard InChI is InChI=1S/C16H12N4O/c1-11-4-2-3-5-12(11)9-15-19-16(21-20-15)13-6-7-18-14(8-13)10-17/h2-8H,9H2,1H3. The van der Waals surface area contributed by atoms with Gasteiger partial charge >= 0.3 is 0 Å². The molecule has 0 aliphatic carbocycles. The maximum absolute atomic E-state index is 8.86. The van der Waals surface area contributed by atoms with Gasteiger partial charge in [-0.25, -0.2) is 4.98 Å². The summed E-state index contributed by atoms with van der Waals surface area (Å²) in [5.74, 6) is 1.02. The average molecular weight is 276 g/mol. The fourth-order valence-electron chi connectivity index (χ4n) is 2.05. The average Bonchev–Trinajstić information content (AvgIpc) is 2.98. The summed E-state index contributed by atoms with van der Waals surface area (Å²) in [6.45, 7) is 2.05. The van der Waals surface area contributed by atoms with Gasteiger partial charge in [-0.3, -0.25) is 0 Å². The Morgan fingerprint density at radius 2 is 2.10 bits per heavy atom. The number of hydrogen-bond donors (Lipinski definition) is 0. The molecule has 0 bridgehead atoms. The maximum Gasteiger partial charge on any atom is 0.258 e. The first kappa shape index (κ1) is 13.0. The predicted molar refractivity (Wildman–Crippen MR) is 76.2 cm³/mol. The molecule has 0 aliphatic rings. The van der Waals surface area contributed by atoms with Crippen molar-refractivity contribution in [1.82, 2.24) is 15.1 Å². The first-order valence-corrected chi connectivity index (χ1v) is 6.50. The van der Waals surface area contributed by atoms with Crippen molar-refractivity contribution >= 4 is 0 Å². The number of nitrogens with zero attached hydrogens (tertiary/aromatic N) is 4. The molecule has 1 aromatic carbocycles. The summed E-state index contributed by atoms with van der Waals surface area (Å²) in [7, 11) is 0. The van der Waals surface area contributed by atoms with Gasteiger partial charge in [0.25, 0.3) is 5.89 Å². The predicted octanol–water partition coefficient (Wildman–Crippen LogP) is 2.90. The minimum Gasteiger partial charge on any atom is -0.334 e. The van der Waals surface area contributed by atoms with E-state index in [1.165, 1.54) is 5.56 Å². The van der Waals surface area contributed by atoms with Crippen molar-refractivity contribution in [1.29, 1.82) is 5.26 Å². The minimum absolute atomic E-state index is 0.325. The molecule has 21 heavy (non-hydrogen) atoms. The summed E-state index contributed by atoms with van der Waals surface area (Å²) in [4.78, 5) is 8.30. The first-order valence-electron chi connectivity index (χ1n) is 6.50. The lowest BCUT2D eigenvalue weighted by Gasteiger charge is -2.00. The zero-order valence-corrected chi connectivity index (χ0v) is 11.4. The lowest BCUT2D eigenvalue weighted by molar-refractivity contribution is 0.424. The lowest BCUT2D eigenvalue weighted by Crippen LogP contribution is -1.93. The molecule has 0 N–H and O–H groups in total. The van der Waals surface area contributed by atoms with Gasteiger partial charge in [-0.05, 0) is 30.2 Å². The van der Waals surface area contributed by atoms with Crippen molar-refractivity contribution in [2.75, 3.05) is 0 Å². The van der Waals surface area contributed by atoms with Crippen LogP contribution >= 0.6 is 0 Å². The number of nitriles is 1. The Balaban J connectivity index is 1.87. The minimum atomic E-state index is 0.325. The highest BCUT2D eigenvalue weighted by atomic mass is 16.5. The number of hydrogen-bond acceptors (Lipinski definition) is 5. The maximum atomic E-state index is 8.86. The van der Waals surface area contributed by atoms with Crippen LogP contribution in [-0.4, -0.2) is 15.1 Å². The summed E-state index contributed by atoms with van der Waals surface area (Å²) in [5, 5.41) is 12.9. The Labute approximate surface area is 121 Å². The Morgan fingerprint density at radius 3 is 2.90 bits per heavy atom. The molecule has 0 saturated carbocycles. The SMILES string of the molecule is Cc1ccccc1Cc1noc(-c2ccnc(C#N)c2)n1. The van der Waals surface area contributed by atoms with E-state index in [1.54, 1.807) is 18.3 Å². The van der Waals surface area contributed by atoms with Crippen LogP contribution in [0.1, 0.15) is 22.6 Å². The molecule has 0 spiro atoms. The number of pyridine rings is 1. The van der Waals surface area contributed by atoms with Crippen molar-refractivity contribution in [3.63, 3.8) is 0 Å². The second kappa shape index (κ2) is 5.55. The molecule has 0 radical (unpaired) electrons. The van der Waals surface area contributed by atoms with Crippen molar-refractivity contribution in [2.45, 2.75) is 13.3 Å². The summed E-state index contributed by atoms with van der Waals surface area (Å²) < 4.78 is 5.26. The zero-order valence-electron chi connectivity index (χ0n) is 11.4. The van der Waals surface area contributed by atoms with Crippen LogP contribution in [0.25, 0.3) is 11.5 Å². The van der Waals surface area contributed by atoms with E-state index in [9.17, 15) is 0 Å². The number of aromatic nitrogens is 3. The second-order valence-corrected chi connectivity index (χ2v) is 4.66. The van der Waals surface area contributed by atoms with Crippen LogP contribution in [0.3, 0.4) is 0 Å². The molecule has 0 atom stereocenters. The zero-order chi connectivity index (χ0) is 14.7. The molecule has 0 amide bonds. The van der Waals surface area contributed by atoms with Crippen LogP contribution in [0.5, 0.6) is 0 Å². The van der Waals surface area contributed by atoms with E-state index in [-0.39, 0.29) is 0 Å². The van der Waals surface area contributed by atoms with Crippen LogP contribution in [0.15, 0.2) is 47.1 Å². The fourth-order valence-corrected chi connectivity index (χ4v) is 2.05. The van der Waals surface area contributed by atoms with Crippen LogP contribution in [0.4, 0.5) is 0 Å². The van der Waals surface area contributed by atoms with E-state index >= 15 is 0 Å². The Hall–Kier alpha value is -3.00. The van der Waals surface area contributed by atoms with E-state index in [2.05, 4.69) is 28.1 Å². The van der Waals surface area contributed by atoms with Gasteiger partial charge in [0.1, 0.15) is 11.8 Å². The van der Waals surface area contributed by atoms with E-state index in [0.29, 0.717) is 29.4 Å². The van der Waals surface area contributed by atoms with E-state index < -0.39 is 0 Å². The van der Waals surface area contributed by atoms with E-state index in [1.807, 2.05) is 24.3 Å². The molecule has 5 nitrogen and oxygen atoms in total. The Bertz CT molecular complexity index is 817. The quantitative estimate of drug-likeness (QED) is 0.735. The third kappa shape index (κ3) is 2.79. The molecule has 5 heteroatoms. The van der Waals surface area contributed by atoms with Crippen LogP contribution in [0.2, 0.25) is 0 Å². The number of benzene rings is 1. The topological polar surface area (TPSA) is 75.6 Å². The second-order valence-electron chi connectivity index (χ2n) is 4.66. The van der Waals surface area contributed by atoms with Gasteiger partial charge in [-0.1, -0.05) is 29.4 Å². The van der Waals surface area contributed by atoms with Gasteiger partial charge in [0.2, 0.25) is 0 Å². The molecule has 2 aromatic heterocycles. The molecule has 0 saturated heterocycles. The van der Waals surface area contributed by atoms with Crippen molar-refractivity contribution in [3.05, 3.63) is 65.2 Å². The monoisotopic (exact) mass is 276 g/mol. The van der Waals surface area contributed by atoms with Crippen LogP contribution < -0.4 is 0 Å². The van der Waals surface area contributed by atoms with Gasteiger partial charge < -0.3 is 4.52 Å². The molecule has 3 aromatic rings.